The molecule has 8 rings (SSSR count). The van der Waals surface area contributed by atoms with E-state index in [0.717, 1.165) is 23.6 Å². The number of H-pyrrole nitrogens is 1. The predicted octanol–water partition coefficient (Wildman–Crippen LogP) is -1.08. The van der Waals surface area contributed by atoms with E-state index in [9.17, 15) is 19.4 Å². The van der Waals surface area contributed by atoms with Gasteiger partial charge in [-0.3, -0.25) is 28.2 Å². The van der Waals surface area contributed by atoms with E-state index >= 15 is 13.2 Å². The molecule has 258 valence electrons. The number of amides is 1. The minimum absolute atomic E-state index is 0.0579. The fourth-order valence-electron chi connectivity index (χ4n) is 6.50. The number of nitrogens with one attached hydrogen (secondary N) is 2. The molecule has 6 aliphatic rings. The number of halogens is 3. The van der Waals surface area contributed by atoms with Crippen LogP contribution in [0.3, 0.4) is 0 Å². The second-order valence-electron chi connectivity index (χ2n) is 11.5. The Bertz CT molecular complexity index is 2000. The number of aromatic nitrogens is 4. The molecule has 7 heterocycles. The van der Waals surface area contributed by atoms with E-state index in [4.69, 9.17) is 56.9 Å². The highest BCUT2D eigenvalue weighted by atomic mass is 32.5. The number of nitrogens with zero attached hydrogens (tertiary/aromatic N) is 6. The van der Waals surface area contributed by atoms with Crippen molar-refractivity contribution in [2.45, 2.75) is 61.6 Å². The summed E-state index contributed by atoms with van der Waals surface area (Å²) in [7, 11) is 0. The van der Waals surface area contributed by atoms with Crippen molar-refractivity contribution in [1.82, 2.24) is 24.8 Å². The molecule has 0 aromatic carbocycles. The average molecular weight is 757 g/mol. The monoisotopic (exact) mass is 756 g/mol. The lowest BCUT2D eigenvalue weighted by molar-refractivity contribution is -0.626. The van der Waals surface area contributed by atoms with Gasteiger partial charge in [0, 0.05) is 6.42 Å². The number of hydrogen-bond acceptors (Lipinski definition) is 15. The largest absolute Gasteiger partial charge is 0.369 e. The number of nitrogens with two attached hydrogens (primary N) is 1. The van der Waals surface area contributed by atoms with E-state index in [2.05, 4.69) is 30.3 Å². The Balaban J connectivity index is 1.13. The molecular weight excluding hydrogens is 733 g/mol. The summed E-state index contributed by atoms with van der Waals surface area (Å²) in [5, 5.41) is 2.37. The number of aromatic amines is 1. The minimum Gasteiger partial charge on any atom is -0.369 e. The summed E-state index contributed by atoms with van der Waals surface area (Å²) < 4.78 is 83.4. The summed E-state index contributed by atoms with van der Waals surface area (Å²) in [6.07, 6.45) is -10.3. The lowest BCUT2D eigenvalue weighted by Crippen LogP contribution is -2.50. The number of hydrogen-bond donors (Lipinski definition) is 5. The van der Waals surface area contributed by atoms with Gasteiger partial charge in [0.25, 0.3) is 29.7 Å². The Hall–Kier alpha value is -2.60. The van der Waals surface area contributed by atoms with Gasteiger partial charge < -0.3 is 39.4 Å². The van der Waals surface area contributed by atoms with Gasteiger partial charge in [0.2, 0.25) is 12.2 Å². The number of aliphatic imine (C=N–C) groups is 2. The summed E-state index contributed by atoms with van der Waals surface area (Å²) in [4.78, 5) is 65.3. The van der Waals surface area contributed by atoms with Crippen LogP contribution >= 0.6 is 13.4 Å². The number of fused-ring (bicyclic) bond motifs is 3. The molecule has 26 heteroatoms. The van der Waals surface area contributed by atoms with Crippen molar-refractivity contribution >= 4 is 78.5 Å². The van der Waals surface area contributed by atoms with E-state index < -0.39 is 105 Å². The molecule has 1 spiro atoms. The summed E-state index contributed by atoms with van der Waals surface area (Å²) in [6, 6.07) is 0. The molecule has 5 aliphatic heterocycles. The molecule has 2 aromatic rings. The van der Waals surface area contributed by atoms with E-state index in [1.807, 2.05) is 0 Å². The first-order valence-electron chi connectivity index (χ1n) is 14.0. The molecular formula is C22H23F3N9O10P2S2+. The van der Waals surface area contributed by atoms with Crippen LogP contribution in [-0.4, -0.2) is 120 Å². The molecule has 2 bridgehead atoms. The van der Waals surface area contributed by atoms with E-state index in [1.165, 1.54) is 4.58 Å². The van der Waals surface area contributed by atoms with Crippen LogP contribution in [0, 0.1) is 5.41 Å². The molecule has 1 aliphatic carbocycles. The fraction of sp³-hybridized carbons (Fsp3) is 0.591. The maximum Gasteiger partial charge on any atom is 0.325 e. The highest BCUT2D eigenvalue weighted by molar-refractivity contribution is 8.07. The zero-order chi connectivity index (χ0) is 34.0. The molecule has 6 N–H and O–H groups in total. The van der Waals surface area contributed by atoms with Crippen LogP contribution in [0.1, 0.15) is 12.6 Å². The van der Waals surface area contributed by atoms with Gasteiger partial charge in [-0.2, -0.15) is 4.98 Å². The van der Waals surface area contributed by atoms with E-state index in [0.29, 0.717) is 0 Å². The smallest absolute Gasteiger partial charge is 0.325 e. The average Bonchev–Trinajstić information content (AvgIpc) is 3.49. The molecule has 1 saturated carbocycles. The van der Waals surface area contributed by atoms with Crippen molar-refractivity contribution in [3.63, 3.8) is 0 Å². The third kappa shape index (κ3) is 5.04. The Morgan fingerprint density at radius 1 is 1.15 bits per heavy atom. The summed E-state index contributed by atoms with van der Waals surface area (Å²) in [5.41, 5.74) is 2.39. The summed E-state index contributed by atoms with van der Waals surface area (Å²) in [5.74, 6) is -4.32. The molecule has 3 unspecified atom stereocenters. The maximum absolute atomic E-state index is 16.1. The van der Waals surface area contributed by atoms with Crippen LogP contribution in [0.25, 0.3) is 11.2 Å². The lowest BCUT2D eigenvalue weighted by atomic mass is 9.93. The summed E-state index contributed by atoms with van der Waals surface area (Å²) in [6.45, 7) is -10.5. The van der Waals surface area contributed by atoms with Crippen molar-refractivity contribution in [3.8, 4) is 0 Å². The lowest BCUT2D eigenvalue weighted by Gasteiger charge is -2.28. The third-order valence-corrected chi connectivity index (χ3v) is 11.9. The van der Waals surface area contributed by atoms with E-state index in [-0.39, 0.29) is 22.8 Å². The predicted molar refractivity (Wildman–Crippen MR) is 161 cm³/mol. The molecule has 19 nitrogen and oxygen atoms in total. The number of nitrogen functional groups attached to an aromatic ring is 1. The van der Waals surface area contributed by atoms with Crippen molar-refractivity contribution in [3.05, 3.63) is 16.7 Å². The van der Waals surface area contributed by atoms with Gasteiger partial charge in [0.1, 0.15) is 29.8 Å². The molecule has 4 fully saturated rings. The van der Waals surface area contributed by atoms with Gasteiger partial charge in [-0.05, 0) is 28.6 Å². The Kier molecular flexibility index (Phi) is 7.43. The van der Waals surface area contributed by atoms with Crippen molar-refractivity contribution in [1.29, 1.82) is 0 Å². The summed E-state index contributed by atoms with van der Waals surface area (Å²) >= 11 is 10.4. The van der Waals surface area contributed by atoms with Crippen LogP contribution in [0.4, 0.5) is 19.1 Å². The van der Waals surface area contributed by atoms with Gasteiger partial charge in [0.05, 0.1) is 25.9 Å². The van der Waals surface area contributed by atoms with Gasteiger partial charge in [-0.25, -0.2) is 27.7 Å². The molecule has 3 saturated heterocycles. The van der Waals surface area contributed by atoms with Crippen molar-refractivity contribution < 1.29 is 59.9 Å². The number of alkyl halides is 3. The fourth-order valence-corrected chi connectivity index (χ4v) is 9.37. The Morgan fingerprint density at radius 3 is 2.62 bits per heavy atom. The topological polar surface area (TPSA) is 242 Å². The van der Waals surface area contributed by atoms with Crippen molar-refractivity contribution in [2.24, 2.45) is 15.4 Å². The zero-order valence-corrected chi connectivity index (χ0v) is 27.2. The van der Waals surface area contributed by atoms with Crippen LogP contribution in [0.2, 0.25) is 0 Å². The SMILES string of the molecule is Nc1nc2c(ncn2[C@@H]2O[C@@H]3COP(O)(=S)O[C@H]4[C@H]([N+]5=CN=C6C(=O)NC=NC65)O[C@H](COP(O)(=S)O[C@H]3[C@H]2F)[C@]42CC2(F)F)c(=O)[nH]1. The Morgan fingerprint density at radius 2 is 1.88 bits per heavy atom. The first-order chi connectivity index (χ1) is 22.6. The van der Waals surface area contributed by atoms with Gasteiger partial charge in [0.15, 0.2) is 23.6 Å². The quantitative estimate of drug-likeness (QED) is 0.181. The second kappa shape index (κ2) is 10.9. The van der Waals surface area contributed by atoms with Crippen molar-refractivity contribution in [2.75, 3.05) is 18.9 Å². The number of rotatable bonds is 2. The number of anilines is 1. The third-order valence-electron chi connectivity index (χ3n) is 8.79. The standard InChI is InChI=1S/C22H22F3N9O10P2S2/c23-9-12-7(41-18(9)34-6-30-11-15(34)31-20(26)32-17(11)36)1-39-46(38,48)44-13-19(33-5-29-10-14(33)27-4-28-16(10)35)42-8(2-40-45(37,47)43-12)21(13)3-22(21,24)25/h4-9,12-14,18-19H,1-3H2,(H5-,26,27,28,31,32,35,36,37,38,47,48)/p+1/t7-,8-,9-,12-,13+,14?,18-,19-,21-,45?,46?/m1/s1. The number of carbonyl (C=O) groups is 1. The van der Waals surface area contributed by atoms with E-state index in [1.54, 1.807) is 0 Å². The normalized spacial score (nSPS) is 43.5. The highest BCUT2D eigenvalue weighted by Crippen LogP contribution is 2.72. The number of imidazole rings is 1. The zero-order valence-electron chi connectivity index (χ0n) is 23.7. The number of ether oxygens (including phenoxy) is 2. The first-order valence-corrected chi connectivity index (χ1v) is 19.2. The van der Waals surface area contributed by atoms with Gasteiger partial charge in [-0.1, -0.05) is 0 Å². The van der Waals surface area contributed by atoms with Gasteiger partial charge in [-0.15, -0.1) is 0 Å². The maximum atomic E-state index is 16.1. The molecule has 0 radical (unpaired) electrons. The van der Waals surface area contributed by atoms with Crippen LogP contribution < -0.4 is 16.6 Å². The molecule has 2 aromatic heterocycles. The first kappa shape index (κ1) is 32.6. The van der Waals surface area contributed by atoms with Crippen LogP contribution in [0.15, 0.2) is 21.1 Å². The number of carbonyl (C=O) groups excluding carboxylic acids is 1. The van der Waals surface area contributed by atoms with Crippen LogP contribution in [-0.2, 0) is 56.0 Å². The molecule has 1 amide bonds. The highest BCUT2D eigenvalue weighted by Gasteiger charge is 2.85. The Labute approximate surface area is 275 Å². The van der Waals surface area contributed by atoms with Gasteiger partial charge >= 0.3 is 19.3 Å². The molecule has 48 heavy (non-hydrogen) atoms. The molecule has 11 atom stereocenters. The van der Waals surface area contributed by atoms with Crippen LogP contribution in [0.5, 0.6) is 0 Å². The second-order valence-corrected chi connectivity index (χ2v) is 17.1. The minimum atomic E-state index is -4.50.